The molecule has 0 aliphatic heterocycles. The van der Waals surface area contributed by atoms with Crippen molar-refractivity contribution in [1.29, 1.82) is 0 Å². The van der Waals surface area contributed by atoms with Crippen LogP contribution in [0.25, 0.3) is 0 Å². The minimum Gasteiger partial charge on any atom is -0.477 e. The standard InChI is InChI=1S/C17H17N5O2/c23-16(24)15-7-9-19-17(21-15)18-8-6-14-10-20-22(12-14)11-13-4-2-1-3-5-13/h1-5,7,9-10,12H,6,8,11H2,(H,23,24)(H,18,19,21). The maximum atomic E-state index is 10.9. The average Bonchev–Trinajstić information content (AvgIpc) is 3.03. The predicted octanol–water partition coefficient (Wildman–Crippen LogP) is 2.07. The van der Waals surface area contributed by atoms with Crippen molar-refractivity contribution in [2.75, 3.05) is 11.9 Å². The molecule has 0 bridgehead atoms. The number of carboxylic acids is 1. The number of rotatable bonds is 7. The highest BCUT2D eigenvalue weighted by Crippen LogP contribution is 2.05. The molecule has 122 valence electrons. The maximum absolute atomic E-state index is 10.9. The zero-order chi connectivity index (χ0) is 16.8. The SMILES string of the molecule is O=C(O)c1ccnc(NCCc2cnn(Cc3ccccc3)c2)n1. The second-order valence-electron chi connectivity index (χ2n) is 5.28. The first-order chi connectivity index (χ1) is 11.7. The number of aromatic carboxylic acids is 1. The first-order valence-corrected chi connectivity index (χ1v) is 7.56. The van der Waals surface area contributed by atoms with Gasteiger partial charge in [-0.25, -0.2) is 14.8 Å². The number of carbonyl (C=O) groups is 1. The highest BCUT2D eigenvalue weighted by Gasteiger charge is 2.06. The Hall–Kier alpha value is -3.22. The summed E-state index contributed by atoms with van der Waals surface area (Å²) in [6.45, 7) is 1.33. The molecule has 0 aliphatic rings. The van der Waals surface area contributed by atoms with E-state index in [2.05, 4.69) is 32.5 Å². The quantitative estimate of drug-likeness (QED) is 0.691. The van der Waals surface area contributed by atoms with Crippen molar-refractivity contribution in [2.45, 2.75) is 13.0 Å². The third-order valence-electron chi connectivity index (χ3n) is 3.45. The largest absolute Gasteiger partial charge is 0.477 e. The highest BCUT2D eigenvalue weighted by molar-refractivity contribution is 5.85. The normalized spacial score (nSPS) is 10.5. The van der Waals surface area contributed by atoms with Crippen LogP contribution in [0.5, 0.6) is 0 Å². The van der Waals surface area contributed by atoms with Crippen LogP contribution in [0.1, 0.15) is 21.6 Å². The minimum absolute atomic E-state index is 0.0248. The number of hydrogen-bond donors (Lipinski definition) is 2. The van der Waals surface area contributed by atoms with Crippen LogP contribution in [0, 0.1) is 0 Å². The molecule has 0 saturated heterocycles. The number of carboxylic acid groups (broad SMARTS) is 1. The van der Waals surface area contributed by atoms with Crippen LogP contribution < -0.4 is 5.32 Å². The fraction of sp³-hybridized carbons (Fsp3) is 0.176. The fourth-order valence-electron chi connectivity index (χ4n) is 2.27. The summed E-state index contributed by atoms with van der Waals surface area (Å²) >= 11 is 0. The van der Waals surface area contributed by atoms with Crippen molar-refractivity contribution < 1.29 is 9.90 Å². The van der Waals surface area contributed by atoms with Gasteiger partial charge in [-0.3, -0.25) is 4.68 Å². The van der Waals surface area contributed by atoms with Gasteiger partial charge >= 0.3 is 5.97 Å². The molecule has 3 rings (SSSR count). The van der Waals surface area contributed by atoms with Gasteiger partial charge in [0.05, 0.1) is 12.7 Å². The molecule has 0 spiro atoms. The van der Waals surface area contributed by atoms with Crippen molar-refractivity contribution in [1.82, 2.24) is 19.7 Å². The van der Waals surface area contributed by atoms with E-state index in [1.807, 2.05) is 35.3 Å². The lowest BCUT2D eigenvalue weighted by Gasteiger charge is -2.04. The van der Waals surface area contributed by atoms with Gasteiger partial charge in [-0.05, 0) is 23.6 Å². The van der Waals surface area contributed by atoms with Gasteiger partial charge < -0.3 is 10.4 Å². The predicted molar refractivity (Wildman–Crippen MR) is 89.0 cm³/mol. The Balaban J connectivity index is 1.52. The molecule has 0 aliphatic carbocycles. The van der Waals surface area contributed by atoms with Crippen LogP contribution >= 0.6 is 0 Å². The van der Waals surface area contributed by atoms with Crippen LogP contribution in [-0.4, -0.2) is 37.4 Å². The summed E-state index contributed by atoms with van der Waals surface area (Å²) in [4.78, 5) is 18.8. The molecular weight excluding hydrogens is 306 g/mol. The molecule has 7 nitrogen and oxygen atoms in total. The summed E-state index contributed by atoms with van der Waals surface area (Å²) in [7, 11) is 0. The molecule has 0 unspecified atom stereocenters. The summed E-state index contributed by atoms with van der Waals surface area (Å²) in [5.74, 6) is -0.755. The van der Waals surface area contributed by atoms with Crippen LogP contribution in [0.2, 0.25) is 0 Å². The van der Waals surface area contributed by atoms with E-state index in [1.165, 1.54) is 17.8 Å². The van der Waals surface area contributed by atoms with E-state index in [4.69, 9.17) is 5.11 Å². The molecular formula is C17H17N5O2. The summed E-state index contributed by atoms with van der Waals surface area (Å²) in [5.41, 5.74) is 2.26. The molecule has 2 heterocycles. The van der Waals surface area contributed by atoms with Gasteiger partial charge in [0.1, 0.15) is 0 Å². The first-order valence-electron chi connectivity index (χ1n) is 7.56. The zero-order valence-electron chi connectivity index (χ0n) is 13.0. The van der Waals surface area contributed by atoms with Gasteiger partial charge in [0.25, 0.3) is 0 Å². The van der Waals surface area contributed by atoms with Gasteiger partial charge in [-0.1, -0.05) is 30.3 Å². The van der Waals surface area contributed by atoms with E-state index in [1.54, 1.807) is 0 Å². The second kappa shape index (κ2) is 7.36. The Morgan fingerprint density at radius 2 is 2.00 bits per heavy atom. The van der Waals surface area contributed by atoms with Gasteiger partial charge in [0, 0.05) is 18.9 Å². The Labute approximate surface area is 139 Å². The number of nitrogens with one attached hydrogen (secondary N) is 1. The molecule has 2 N–H and O–H groups in total. The molecule has 1 aromatic carbocycles. The third-order valence-corrected chi connectivity index (χ3v) is 3.45. The third kappa shape index (κ3) is 4.16. The number of aromatic nitrogens is 4. The molecule has 2 aromatic heterocycles. The maximum Gasteiger partial charge on any atom is 0.354 e. The van der Waals surface area contributed by atoms with E-state index in [0.717, 1.165) is 18.5 Å². The van der Waals surface area contributed by atoms with Gasteiger partial charge in [-0.2, -0.15) is 5.10 Å². The smallest absolute Gasteiger partial charge is 0.354 e. The van der Waals surface area contributed by atoms with Crippen LogP contribution in [0.3, 0.4) is 0 Å². The highest BCUT2D eigenvalue weighted by atomic mass is 16.4. The topological polar surface area (TPSA) is 92.9 Å². The van der Waals surface area contributed by atoms with Crippen molar-refractivity contribution >= 4 is 11.9 Å². The Morgan fingerprint density at radius 1 is 1.17 bits per heavy atom. The van der Waals surface area contributed by atoms with Crippen molar-refractivity contribution in [2.24, 2.45) is 0 Å². The van der Waals surface area contributed by atoms with Gasteiger partial charge in [0.2, 0.25) is 5.95 Å². The summed E-state index contributed by atoms with van der Waals surface area (Å²) in [6.07, 6.45) is 6.01. The van der Waals surface area contributed by atoms with Crippen molar-refractivity contribution in [3.8, 4) is 0 Å². The molecule has 0 fully saturated rings. The van der Waals surface area contributed by atoms with E-state index in [9.17, 15) is 4.79 Å². The van der Waals surface area contributed by atoms with E-state index in [0.29, 0.717) is 12.5 Å². The molecule has 7 heteroatoms. The summed E-state index contributed by atoms with van der Waals surface area (Å²) in [6, 6.07) is 11.5. The average molecular weight is 323 g/mol. The number of hydrogen-bond acceptors (Lipinski definition) is 5. The summed E-state index contributed by atoms with van der Waals surface area (Å²) in [5, 5.41) is 16.3. The second-order valence-corrected chi connectivity index (χ2v) is 5.28. The monoisotopic (exact) mass is 323 g/mol. The zero-order valence-corrected chi connectivity index (χ0v) is 13.0. The molecule has 0 amide bonds. The number of nitrogens with zero attached hydrogens (tertiary/aromatic N) is 4. The molecule has 24 heavy (non-hydrogen) atoms. The lowest BCUT2D eigenvalue weighted by atomic mass is 10.2. The summed E-state index contributed by atoms with van der Waals surface area (Å²) < 4.78 is 1.90. The van der Waals surface area contributed by atoms with E-state index >= 15 is 0 Å². The molecule has 0 saturated carbocycles. The van der Waals surface area contributed by atoms with Gasteiger partial charge in [0.15, 0.2) is 5.69 Å². The van der Waals surface area contributed by atoms with E-state index < -0.39 is 5.97 Å². The van der Waals surface area contributed by atoms with Crippen molar-refractivity contribution in [3.05, 3.63) is 71.8 Å². The molecule has 3 aromatic rings. The van der Waals surface area contributed by atoms with Crippen LogP contribution in [-0.2, 0) is 13.0 Å². The Bertz CT molecular complexity index is 817. The van der Waals surface area contributed by atoms with Crippen molar-refractivity contribution in [3.63, 3.8) is 0 Å². The Morgan fingerprint density at radius 3 is 2.79 bits per heavy atom. The van der Waals surface area contributed by atoms with Gasteiger partial charge in [-0.15, -0.1) is 0 Å². The van der Waals surface area contributed by atoms with Crippen LogP contribution in [0.4, 0.5) is 5.95 Å². The molecule has 0 atom stereocenters. The van der Waals surface area contributed by atoms with E-state index in [-0.39, 0.29) is 5.69 Å². The molecule has 0 radical (unpaired) electrons. The van der Waals surface area contributed by atoms with Crippen LogP contribution in [0.15, 0.2) is 55.0 Å². The lowest BCUT2D eigenvalue weighted by molar-refractivity contribution is 0.0690. The number of benzene rings is 1. The lowest BCUT2D eigenvalue weighted by Crippen LogP contribution is -2.10. The number of anilines is 1. The Kier molecular flexibility index (Phi) is 4.81. The fourth-order valence-corrected chi connectivity index (χ4v) is 2.27. The minimum atomic E-state index is -1.07. The first kappa shape index (κ1) is 15.7.